The van der Waals surface area contributed by atoms with Crippen LogP contribution in [0.25, 0.3) is 0 Å². The third kappa shape index (κ3) is 6.00. The molecule has 3 rings (SSSR count). The highest BCUT2D eigenvalue weighted by atomic mass is 35.5. The maximum Gasteiger partial charge on any atom is 0.422 e. The number of aromatic nitrogens is 2. The predicted octanol–water partition coefficient (Wildman–Crippen LogP) is 3.21. The van der Waals surface area contributed by atoms with Crippen LogP contribution in [0.15, 0.2) is 30.6 Å². The number of esters is 1. The zero-order valence-corrected chi connectivity index (χ0v) is 17.8. The second-order valence-corrected chi connectivity index (χ2v) is 7.23. The van der Waals surface area contributed by atoms with Gasteiger partial charge in [0, 0.05) is 38.6 Å². The maximum atomic E-state index is 12.7. The van der Waals surface area contributed by atoms with Gasteiger partial charge in [0.05, 0.1) is 17.7 Å². The van der Waals surface area contributed by atoms with Crippen LogP contribution in [-0.4, -0.2) is 72.3 Å². The molecule has 0 aromatic carbocycles. The van der Waals surface area contributed by atoms with E-state index in [9.17, 15) is 22.8 Å². The van der Waals surface area contributed by atoms with Crippen molar-refractivity contribution < 1.29 is 32.2 Å². The van der Waals surface area contributed by atoms with Crippen molar-refractivity contribution in [2.24, 2.45) is 0 Å². The third-order valence-corrected chi connectivity index (χ3v) is 4.85. The van der Waals surface area contributed by atoms with Gasteiger partial charge in [-0.05, 0) is 25.1 Å². The second kappa shape index (κ2) is 10.0. The average molecular weight is 473 g/mol. The minimum absolute atomic E-state index is 0.153. The number of carbonyl (C=O) groups is 2. The summed E-state index contributed by atoms with van der Waals surface area (Å²) in [7, 11) is 0. The number of hydrogen-bond donors (Lipinski definition) is 0. The van der Waals surface area contributed by atoms with E-state index in [0.717, 1.165) is 6.20 Å². The van der Waals surface area contributed by atoms with Crippen LogP contribution in [0, 0.1) is 0 Å². The quantitative estimate of drug-likeness (QED) is 0.597. The number of halogens is 4. The first-order valence-corrected chi connectivity index (χ1v) is 10.1. The Kier molecular flexibility index (Phi) is 7.39. The van der Waals surface area contributed by atoms with Crippen molar-refractivity contribution in [3.63, 3.8) is 0 Å². The van der Waals surface area contributed by atoms with Gasteiger partial charge in [-0.15, -0.1) is 0 Å². The van der Waals surface area contributed by atoms with E-state index in [2.05, 4.69) is 14.7 Å². The highest BCUT2D eigenvalue weighted by Crippen LogP contribution is 2.26. The number of nitrogens with zero attached hydrogens (tertiary/aromatic N) is 4. The van der Waals surface area contributed by atoms with Gasteiger partial charge in [-0.3, -0.25) is 4.79 Å². The number of ether oxygens (including phenoxy) is 2. The summed E-state index contributed by atoms with van der Waals surface area (Å²) in [6, 6.07) is 4.59. The van der Waals surface area contributed by atoms with Crippen molar-refractivity contribution >= 4 is 29.3 Å². The summed E-state index contributed by atoms with van der Waals surface area (Å²) in [6.07, 6.45) is -1.93. The molecular formula is C20H20ClF3N4O4. The molecule has 8 nitrogen and oxygen atoms in total. The van der Waals surface area contributed by atoms with Crippen LogP contribution in [0.5, 0.6) is 5.88 Å². The number of piperazine rings is 1. The fourth-order valence-electron chi connectivity index (χ4n) is 3.03. The van der Waals surface area contributed by atoms with Crippen molar-refractivity contribution in [3.05, 3.63) is 46.7 Å². The number of rotatable bonds is 6. The van der Waals surface area contributed by atoms with Crippen LogP contribution in [0.2, 0.25) is 5.02 Å². The molecule has 1 aliphatic heterocycles. The van der Waals surface area contributed by atoms with E-state index in [1.165, 1.54) is 12.3 Å². The Morgan fingerprint density at radius 3 is 2.34 bits per heavy atom. The Labute approximate surface area is 186 Å². The SMILES string of the molecule is CCOC(=O)c1ccc(N2CCN(C(=O)c3cnc(OCC(F)(F)F)c(Cl)c3)CC2)nc1. The van der Waals surface area contributed by atoms with Crippen molar-refractivity contribution in [3.8, 4) is 5.88 Å². The molecule has 32 heavy (non-hydrogen) atoms. The molecule has 0 N–H and O–H groups in total. The number of pyridine rings is 2. The van der Waals surface area contributed by atoms with E-state index in [1.807, 2.05) is 4.90 Å². The van der Waals surface area contributed by atoms with Crippen LogP contribution in [-0.2, 0) is 4.74 Å². The second-order valence-electron chi connectivity index (χ2n) is 6.82. The number of carbonyl (C=O) groups excluding carboxylic acids is 2. The van der Waals surface area contributed by atoms with Crippen LogP contribution in [0.1, 0.15) is 27.6 Å². The van der Waals surface area contributed by atoms with Gasteiger partial charge < -0.3 is 19.3 Å². The largest absolute Gasteiger partial charge is 0.467 e. The average Bonchev–Trinajstić information content (AvgIpc) is 2.77. The molecule has 12 heteroatoms. The lowest BCUT2D eigenvalue weighted by atomic mass is 10.2. The summed E-state index contributed by atoms with van der Waals surface area (Å²) in [4.78, 5) is 36.0. The molecular weight excluding hydrogens is 453 g/mol. The van der Waals surface area contributed by atoms with E-state index in [1.54, 1.807) is 24.0 Å². The van der Waals surface area contributed by atoms with E-state index < -0.39 is 18.8 Å². The van der Waals surface area contributed by atoms with Crippen LogP contribution < -0.4 is 9.64 Å². The van der Waals surface area contributed by atoms with Gasteiger partial charge in [-0.2, -0.15) is 13.2 Å². The summed E-state index contributed by atoms with van der Waals surface area (Å²) in [5.74, 6) is -0.500. The molecule has 2 aromatic heterocycles. The zero-order valence-electron chi connectivity index (χ0n) is 17.1. The molecule has 172 valence electrons. The minimum atomic E-state index is -4.52. The van der Waals surface area contributed by atoms with Crippen LogP contribution >= 0.6 is 11.6 Å². The highest BCUT2D eigenvalue weighted by Gasteiger charge is 2.29. The molecule has 0 radical (unpaired) electrons. The number of amides is 1. The van der Waals surface area contributed by atoms with Gasteiger partial charge in [0.1, 0.15) is 10.8 Å². The standard InChI is InChI=1S/C20H20ClF3N4O4/c1-2-31-19(30)13-3-4-16(25-10-13)27-5-7-28(8-6-27)18(29)14-9-15(21)17(26-11-14)32-12-20(22,23)24/h3-4,9-11H,2,5-8,12H2,1H3. The third-order valence-electron chi connectivity index (χ3n) is 4.58. The van der Waals surface area contributed by atoms with Gasteiger partial charge in [-0.1, -0.05) is 11.6 Å². The van der Waals surface area contributed by atoms with E-state index >= 15 is 0 Å². The first kappa shape index (κ1) is 23.6. The van der Waals surface area contributed by atoms with E-state index in [4.69, 9.17) is 16.3 Å². The lowest BCUT2D eigenvalue weighted by molar-refractivity contribution is -0.154. The molecule has 0 aliphatic carbocycles. The Morgan fingerprint density at radius 1 is 1.09 bits per heavy atom. The molecule has 0 spiro atoms. The van der Waals surface area contributed by atoms with Gasteiger partial charge in [0.25, 0.3) is 5.91 Å². The van der Waals surface area contributed by atoms with E-state index in [-0.39, 0.29) is 29.0 Å². The number of alkyl halides is 3. The molecule has 0 bridgehead atoms. The summed E-state index contributed by atoms with van der Waals surface area (Å²) >= 11 is 5.92. The Bertz CT molecular complexity index is 964. The fourth-order valence-corrected chi connectivity index (χ4v) is 3.25. The summed E-state index contributed by atoms with van der Waals surface area (Å²) in [5, 5.41) is -0.176. The lowest BCUT2D eigenvalue weighted by Crippen LogP contribution is -2.49. The molecule has 3 heterocycles. The fraction of sp³-hybridized carbons (Fsp3) is 0.400. The molecule has 0 saturated carbocycles. The van der Waals surface area contributed by atoms with Crippen molar-refractivity contribution in [2.45, 2.75) is 13.1 Å². The zero-order chi connectivity index (χ0) is 23.3. The first-order chi connectivity index (χ1) is 15.2. The summed E-state index contributed by atoms with van der Waals surface area (Å²) in [5.41, 5.74) is 0.510. The molecule has 1 fully saturated rings. The first-order valence-electron chi connectivity index (χ1n) is 9.70. The van der Waals surface area contributed by atoms with Gasteiger partial charge in [0.15, 0.2) is 6.61 Å². The molecule has 1 amide bonds. The molecule has 2 aromatic rings. The molecule has 1 saturated heterocycles. The Hall–Kier alpha value is -3.08. The number of anilines is 1. The number of hydrogen-bond acceptors (Lipinski definition) is 7. The summed E-state index contributed by atoms with van der Waals surface area (Å²) < 4.78 is 46.3. The molecule has 1 aliphatic rings. The predicted molar refractivity (Wildman–Crippen MR) is 109 cm³/mol. The smallest absolute Gasteiger partial charge is 0.422 e. The monoisotopic (exact) mass is 472 g/mol. The van der Waals surface area contributed by atoms with Crippen LogP contribution in [0.3, 0.4) is 0 Å². The molecule has 0 unspecified atom stereocenters. The van der Waals surface area contributed by atoms with Crippen molar-refractivity contribution in [1.29, 1.82) is 0 Å². The van der Waals surface area contributed by atoms with Gasteiger partial charge in [-0.25, -0.2) is 14.8 Å². The van der Waals surface area contributed by atoms with Crippen molar-refractivity contribution in [2.75, 3.05) is 44.3 Å². The van der Waals surface area contributed by atoms with Gasteiger partial charge >= 0.3 is 12.1 Å². The Morgan fingerprint density at radius 2 is 1.78 bits per heavy atom. The van der Waals surface area contributed by atoms with Crippen LogP contribution in [0.4, 0.5) is 19.0 Å². The minimum Gasteiger partial charge on any atom is -0.467 e. The topological polar surface area (TPSA) is 84.9 Å². The van der Waals surface area contributed by atoms with Gasteiger partial charge in [0.2, 0.25) is 5.88 Å². The highest BCUT2D eigenvalue weighted by molar-refractivity contribution is 6.32. The molecule has 0 atom stereocenters. The van der Waals surface area contributed by atoms with Crippen molar-refractivity contribution in [1.82, 2.24) is 14.9 Å². The summed E-state index contributed by atoms with van der Waals surface area (Å²) in [6.45, 7) is 2.27. The Balaban J connectivity index is 1.57. The lowest BCUT2D eigenvalue weighted by Gasteiger charge is -2.35. The normalized spacial score (nSPS) is 14.3. The van der Waals surface area contributed by atoms with E-state index in [0.29, 0.717) is 37.6 Å². The maximum absolute atomic E-state index is 12.7.